The molecule has 0 bridgehead atoms. The Kier molecular flexibility index (Phi) is 2.57. The van der Waals surface area contributed by atoms with Gasteiger partial charge in [0.1, 0.15) is 5.56 Å². The van der Waals surface area contributed by atoms with Gasteiger partial charge in [-0.2, -0.15) is 0 Å². The molecule has 19 heavy (non-hydrogen) atoms. The Morgan fingerprint density at radius 3 is 2.79 bits per heavy atom. The lowest BCUT2D eigenvalue weighted by molar-refractivity contribution is 0.0697. The summed E-state index contributed by atoms with van der Waals surface area (Å²) in [5, 5.41) is 20.3. The van der Waals surface area contributed by atoms with E-state index in [1.807, 2.05) is 30.3 Å². The minimum absolute atomic E-state index is 0.0416. The van der Waals surface area contributed by atoms with Gasteiger partial charge in [0.15, 0.2) is 5.69 Å². The Balaban J connectivity index is 2.02. The van der Waals surface area contributed by atoms with Crippen molar-refractivity contribution in [3.8, 4) is 17.1 Å². The van der Waals surface area contributed by atoms with Crippen LogP contribution in [0.4, 0.5) is 0 Å². The van der Waals surface area contributed by atoms with E-state index in [-0.39, 0.29) is 11.3 Å². The number of carboxylic acids is 1. The lowest BCUT2D eigenvalue weighted by atomic mass is 10.2. The maximum Gasteiger partial charge on any atom is 0.341 e. The van der Waals surface area contributed by atoms with Crippen LogP contribution in [0, 0.1) is 0 Å². The average Bonchev–Trinajstić information content (AvgIpc) is 3.08. The van der Waals surface area contributed by atoms with Gasteiger partial charge in [-0.15, -0.1) is 5.10 Å². The smallest absolute Gasteiger partial charge is 0.341 e. The van der Waals surface area contributed by atoms with Gasteiger partial charge in [-0.25, -0.2) is 9.48 Å². The second-order valence-corrected chi connectivity index (χ2v) is 3.76. The number of para-hydroxylation sites is 1. The third-order valence-corrected chi connectivity index (χ3v) is 2.55. The minimum Gasteiger partial charge on any atom is -0.477 e. The van der Waals surface area contributed by atoms with Gasteiger partial charge in [0, 0.05) is 0 Å². The lowest BCUT2D eigenvalue weighted by Crippen LogP contribution is -1.96. The van der Waals surface area contributed by atoms with Crippen LogP contribution < -0.4 is 0 Å². The van der Waals surface area contributed by atoms with Crippen molar-refractivity contribution in [3.63, 3.8) is 0 Å². The number of benzene rings is 1. The lowest BCUT2D eigenvalue weighted by Gasteiger charge is -1.96. The zero-order valence-corrected chi connectivity index (χ0v) is 9.59. The first-order valence-electron chi connectivity index (χ1n) is 5.42. The predicted octanol–water partition coefficient (Wildman–Crippen LogP) is 1.62. The van der Waals surface area contributed by atoms with Gasteiger partial charge in [-0.1, -0.05) is 28.6 Å². The minimum atomic E-state index is -1.12. The summed E-state index contributed by atoms with van der Waals surface area (Å²) in [7, 11) is 0. The van der Waals surface area contributed by atoms with Crippen molar-refractivity contribution >= 4 is 5.97 Å². The number of rotatable bonds is 3. The molecule has 2 aromatic heterocycles. The number of hydrogen-bond donors (Lipinski definition) is 1. The molecule has 2 heterocycles. The van der Waals surface area contributed by atoms with Gasteiger partial charge in [0.2, 0.25) is 5.76 Å². The maximum atomic E-state index is 11.0. The first kappa shape index (κ1) is 11.1. The molecule has 0 aliphatic heterocycles. The number of nitrogens with zero attached hydrogens (tertiary/aromatic N) is 4. The molecule has 0 aliphatic rings. The number of aromatic nitrogens is 4. The third-order valence-electron chi connectivity index (χ3n) is 2.55. The molecule has 7 nitrogen and oxygen atoms in total. The van der Waals surface area contributed by atoms with Crippen LogP contribution in [0.2, 0.25) is 0 Å². The molecular formula is C12H8N4O3. The zero-order valence-electron chi connectivity index (χ0n) is 9.59. The summed E-state index contributed by atoms with van der Waals surface area (Å²) in [5.74, 6) is -1.03. The summed E-state index contributed by atoms with van der Waals surface area (Å²) < 4.78 is 6.45. The Morgan fingerprint density at radius 1 is 1.26 bits per heavy atom. The summed E-state index contributed by atoms with van der Waals surface area (Å²) in [6.07, 6.45) is 2.72. The topological polar surface area (TPSA) is 94.0 Å². The molecule has 7 heteroatoms. The number of carboxylic acid groups (broad SMARTS) is 1. The number of carbonyl (C=O) groups is 1. The molecule has 0 saturated carbocycles. The van der Waals surface area contributed by atoms with Gasteiger partial charge in [0.25, 0.3) is 0 Å². The van der Waals surface area contributed by atoms with Crippen molar-refractivity contribution < 1.29 is 14.4 Å². The van der Waals surface area contributed by atoms with Crippen LogP contribution in [-0.4, -0.2) is 31.2 Å². The fourth-order valence-corrected chi connectivity index (χ4v) is 1.65. The van der Waals surface area contributed by atoms with Crippen LogP contribution in [0.5, 0.6) is 0 Å². The van der Waals surface area contributed by atoms with E-state index in [4.69, 9.17) is 9.63 Å². The number of hydrogen-bond acceptors (Lipinski definition) is 5. The van der Waals surface area contributed by atoms with Crippen molar-refractivity contribution in [2.24, 2.45) is 0 Å². The molecule has 0 radical (unpaired) electrons. The van der Waals surface area contributed by atoms with Gasteiger partial charge in [-0.05, 0) is 12.1 Å². The summed E-state index contributed by atoms with van der Waals surface area (Å²) in [4.78, 5) is 11.0. The molecule has 0 unspecified atom stereocenters. The van der Waals surface area contributed by atoms with Crippen molar-refractivity contribution in [2.75, 3.05) is 0 Å². The summed E-state index contributed by atoms with van der Waals surface area (Å²) in [5.41, 5.74) is 1.09. The average molecular weight is 256 g/mol. The van der Waals surface area contributed by atoms with Crippen LogP contribution in [0.25, 0.3) is 17.1 Å². The van der Waals surface area contributed by atoms with Crippen molar-refractivity contribution in [1.82, 2.24) is 20.2 Å². The molecule has 94 valence electrons. The molecule has 0 aliphatic carbocycles. The Bertz CT molecular complexity index is 717. The van der Waals surface area contributed by atoms with Crippen molar-refractivity contribution in [1.29, 1.82) is 0 Å². The molecule has 3 aromatic rings. The normalized spacial score (nSPS) is 10.5. The predicted molar refractivity (Wildman–Crippen MR) is 63.8 cm³/mol. The monoisotopic (exact) mass is 256 g/mol. The maximum absolute atomic E-state index is 11.0. The molecule has 0 atom stereocenters. The van der Waals surface area contributed by atoms with Gasteiger partial charge in [-0.3, -0.25) is 0 Å². The SMILES string of the molecule is O=C(O)c1cnoc1-c1cn(-c2ccccc2)nn1. The molecule has 0 amide bonds. The molecule has 0 fully saturated rings. The first-order valence-corrected chi connectivity index (χ1v) is 5.42. The van der Waals surface area contributed by atoms with E-state index in [2.05, 4.69) is 15.5 Å². The van der Waals surface area contributed by atoms with E-state index in [1.165, 1.54) is 4.68 Å². The van der Waals surface area contributed by atoms with E-state index in [1.54, 1.807) is 6.20 Å². The van der Waals surface area contributed by atoms with E-state index in [0.29, 0.717) is 5.69 Å². The van der Waals surface area contributed by atoms with E-state index < -0.39 is 5.97 Å². The molecule has 0 saturated heterocycles. The van der Waals surface area contributed by atoms with E-state index >= 15 is 0 Å². The standard InChI is InChI=1S/C12H8N4O3/c17-12(18)9-6-13-19-11(9)10-7-16(15-14-10)8-4-2-1-3-5-8/h1-7H,(H,17,18). The Labute approximate surface area is 107 Å². The van der Waals surface area contributed by atoms with Crippen LogP contribution in [-0.2, 0) is 0 Å². The molecule has 0 spiro atoms. The van der Waals surface area contributed by atoms with Gasteiger partial charge < -0.3 is 9.63 Å². The Hall–Kier alpha value is -2.96. The highest BCUT2D eigenvalue weighted by atomic mass is 16.5. The zero-order chi connectivity index (χ0) is 13.2. The fourth-order valence-electron chi connectivity index (χ4n) is 1.65. The van der Waals surface area contributed by atoms with Crippen molar-refractivity contribution in [3.05, 3.63) is 48.3 Å². The second-order valence-electron chi connectivity index (χ2n) is 3.76. The summed E-state index contributed by atoms with van der Waals surface area (Å²) in [6, 6.07) is 9.34. The van der Waals surface area contributed by atoms with E-state index in [9.17, 15) is 4.79 Å². The van der Waals surface area contributed by atoms with Crippen LogP contribution in [0.15, 0.2) is 47.2 Å². The van der Waals surface area contributed by atoms with Crippen molar-refractivity contribution in [2.45, 2.75) is 0 Å². The van der Waals surface area contributed by atoms with Crippen LogP contribution >= 0.6 is 0 Å². The highest BCUT2D eigenvalue weighted by Gasteiger charge is 2.19. The summed E-state index contributed by atoms with van der Waals surface area (Å²) >= 11 is 0. The second kappa shape index (κ2) is 4.37. The largest absolute Gasteiger partial charge is 0.477 e. The van der Waals surface area contributed by atoms with E-state index in [0.717, 1.165) is 11.9 Å². The van der Waals surface area contributed by atoms with Crippen LogP contribution in [0.3, 0.4) is 0 Å². The third kappa shape index (κ3) is 1.97. The Morgan fingerprint density at radius 2 is 2.05 bits per heavy atom. The molecular weight excluding hydrogens is 248 g/mol. The van der Waals surface area contributed by atoms with Crippen LogP contribution in [0.1, 0.15) is 10.4 Å². The fraction of sp³-hybridized carbons (Fsp3) is 0. The summed E-state index contributed by atoms with van der Waals surface area (Å²) in [6.45, 7) is 0. The highest BCUT2D eigenvalue weighted by molar-refractivity contribution is 5.93. The molecule has 1 aromatic carbocycles. The van der Waals surface area contributed by atoms with Gasteiger partial charge in [0.05, 0.1) is 18.1 Å². The van der Waals surface area contributed by atoms with Gasteiger partial charge >= 0.3 is 5.97 Å². The first-order chi connectivity index (χ1) is 9.25. The highest BCUT2D eigenvalue weighted by Crippen LogP contribution is 2.21. The molecule has 3 rings (SSSR count). The number of aromatic carboxylic acids is 1. The molecule has 1 N–H and O–H groups in total. The quantitative estimate of drug-likeness (QED) is 0.765.